The number of hydrogen-bond acceptors (Lipinski definition) is 5. The molecule has 9 heteroatoms. The number of fused-ring (bicyclic) bond motifs is 1. The predicted octanol–water partition coefficient (Wildman–Crippen LogP) is 5.77. The first-order chi connectivity index (χ1) is 16.9. The summed E-state index contributed by atoms with van der Waals surface area (Å²) in [6.45, 7) is -3.14. The van der Waals surface area contributed by atoms with Gasteiger partial charge < -0.3 is 19.6 Å². The van der Waals surface area contributed by atoms with Crippen LogP contribution >= 0.6 is 0 Å². The number of nitrogens with zero attached hydrogens (tertiary/aromatic N) is 1. The number of aromatic nitrogens is 1. The van der Waals surface area contributed by atoms with Gasteiger partial charge in [0.25, 0.3) is 5.88 Å². The topological polar surface area (TPSA) is 102 Å². The molecule has 178 valence electrons. The van der Waals surface area contributed by atoms with Crippen molar-refractivity contribution in [1.29, 1.82) is 0 Å². The molecule has 2 N–H and O–H groups in total. The zero-order valence-electron chi connectivity index (χ0n) is 18.3. The Bertz CT molecular complexity index is 1450. The molecule has 2 aromatic heterocycles. The summed E-state index contributed by atoms with van der Waals surface area (Å²) >= 11 is 0. The number of hydrogen-bond donors (Lipinski definition) is 2. The molecular formula is C26H20F2N2O5. The fraction of sp³-hybridized carbons (Fsp3) is 0.192. The van der Waals surface area contributed by atoms with Crippen molar-refractivity contribution in [3.05, 3.63) is 82.6 Å². The van der Waals surface area contributed by atoms with E-state index in [0.717, 1.165) is 12.0 Å². The summed E-state index contributed by atoms with van der Waals surface area (Å²) in [7, 11) is 0. The first kappa shape index (κ1) is 22.5. The van der Waals surface area contributed by atoms with Crippen molar-refractivity contribution in [2.75, 3.05) is 0 Å². The third-order valence-electron chi connectivity index (χ3n) is 6.29. The summed E-state index contributed by atoms with van der Waals surface area (Å²) in [5, 5.41) is 11.9. The zero-order chi connectivity index (χ0) is 24.6. The number of carbonyl (C=O) groups is 1. The summed E-state index contributed by atoms with van der Waals surface area (Å²) in [4.78, 5) is 28.8. The third kappa shape index (κ3) is 4.09. The number of carboxylic acid groups (broad SMARTS) is 1. The third-order valence-corrected chi connectivity index (χ3v) is 6.29. The number of alkyl halides is 2. The van der Waals surface area contributed by atoms with Gasteiger partial charge in [-0.3, -0.25) is 4.79 Å². The molecule has 1 fully saturated rings. The maximum Gasteiger partial charge on any atom is 0.405 e. The van der Waals surface area contributed by atoms with Crippen molar-refractivity contribution in [1.82, 2.24) is 10.3 Å². The monoisotopic (exact) mass is 478 g/mol. The summed E-state index contributed by atoms with van der Waals surface area (Å²) in [6, 6.07) is 17.3. The van der Waals surface area contributed by atoms with E-state index in [4.69, 9.17) is 4.42 Å². The van der Waals surface area contributed by atoms with Crippen LogP contribution in [0.4, 0.5) is 13.6 Å². The van der Waals surface area contributed by atoms with Crippen LogP contribution in [-0.4, -0.2) is 22.8 Å². The number of rotatable bonds is 6. The summed E-state index contributed by atoms with van der Waals surface area (Å²) < 4.78 is 36.4. The largest absolute Gasteiger partial charge is 0.465 e. The van der Waals surface area contributed by atoms with Gasteiger partial charge in [0, 0.05) is 11.8 Å². The van der Waals surface area contributed by atoms with E-state index in [1.54, 1.807) is 54.6 Å². The van der Waals surface area contributed by atoms with Gasteiger partial charge in [-0.05, 0) is 36.5 Å². The summed E-state index contributed by atoms with van der Waals surface area (Å²) in [5.74, 6) is -0.287. The maximum absolute atomic E-state index is 13.6. The Labute approximate surface area is 198 Å². The molecule has 0 radical (unpaired) electrons. The number of ether oxygens (including phenoxy) is 1. The van der Waals surface area contributed by atoms with Gasteiger partial charge in [-0.15, -0.1) is 0 Å². The molecule has 0 spiro atoms. The Morgan fingerprint density at radius 1 is 1.06 bits per heavy atom. The van der Waals surface area contributed by atoms with Crippen molar-refractivity contribution < 1.29 is 27.8 Å². The fourth-order valence-corrected chi connectivity index (χ4v) is 4.50. The van der Waals surface area contributed by atoms with E-state index in [9.17, 15) is 23.5 Å². The van der Waals surface area contributed by atoms with Crippen LogP contribution in [0.2, 0.25) is 0 Å². The van der Waals surface area contributed by atoms with E-state index in [2.05, 4.69) is 15.0 Å². The Morgan fingerprint density at radius 3 is 2.37 bits per heavy atom. The number of benzene rings is 2. The van der Waals surface area contributed by atoms with Crippen LogP contribution in [0.3, 0.4) is 0 Å². The lowest BCUT2D eigenvalue weighted by Crippen LogP contribution is -2.50. The van der Waals surface area contributed by atoms with Crippen molar-refractivity contribution in [2.45, 2.75) is 31.4 Å². The Morgan fingerprint density at radius 2 is 1.77 bits per heavy atom. The number of nitrogens with one attached hydrogen (secondary N) is 1. The van der Waals surface area contributed by atoms with Gasteiger partial charge >= 0.3 is 12.7 Å². The van der Waals surface area contributed by atoms with E-state index in [0.29, 0.717) is 24.0 Å². The Kier molecular flexibility index (Phi) is 5.68. The molecule has 0 unspecified atom stereocenters. The molecule has 5 rings (SSSR count). The highest BCUT2D eigenvalue weighted by Crippen LogP contribution is 2.42. The van der Waals surface area contributed by atoms with E-state index >= 15 is 0 Å². The van der Waals surface area contributed by atoms with E-state index in [-0.39, 0.29) is 22.3 Å². The summed E-state index contributed by atoms with van der Waals surface area (Å²) in [6.07, 6.45) is 2.40. The Balaban J connectivity index is 1.69. The van der Waals surface area contributed by atoms with Crippen LogP contribution in [0.1, 0.15) is 24.8 Å². The van der Waals surface area contributed by atoms with Crippen LogP contribution in [0, 0.1) is 0 Å². The van der Waals surface area contributed by atoms with E-state index in [1.807, 2.05) is 0 Å². The molecule has 0 aliphatic heterocycles. The number of amides is 1. The number of pyridine rings is 1. The maximum atomic E-state index is 13.6. The molecule has 0 atom stereocenters. The van der Waals surface area contributed by atoms with E-state index < -0.39 is 29.6 Å². The SMILES string of the molecule is O=C(O)NC1(c2ccc(-c3c(-c4ccccc4)oc4c(OC(F)F)nccc4c3=O)cc2)CCC1. The minimum absolute atomic E-state index is 0.0532. The molecule has 2 heterocycles. The van der Waals surface area contributed by atoms with Gasteiger partial charge in [0.2, 0.25) is 11.0 Å². The molecule has 35 heavy (non-hydrogen) atoms. The zero-order valence-corrected chi connectivity index (χ0v) is 18.3. The second-order valence-corrected chi connectivity index (χ2v) is 8.32. The molecule has 4 aromatic rings. The van der Waals surface area contributed by atoms with Crippen LogP contribution in [0.15, 0.2) is 76.1 Å². The van der Waals surface area contributed by atoms with Crippen molar-refractivity contribution in [2.24, 2.45) is 0 Å². The lowest BCUT2D eigenvalue weighted by Gasteiger charge is -2.42. The van der Waals surface area contributed by atoms with Gasteiger partial charge in [-0.1, -0.05) is 54.6 Å². The second-order valence-electron chi connectivity index (χ2n) is 8.32. The predicted molar refractivity (Wildman–Crippen MR) is 124 cm³/mol. The van der Waals surface area contributed by atoms with Crippen LogP contribution in [0.25, 0.3) is 33.4 Å². The van der Waals surface area contributed by atoms with E-state index in [1.165, 1.54) is 12.3 Å². The Hall–Kier alpha value is -4.27. The molecule has 1 amide bonds. The fourth-order valence-electron chi connectivity index (χ4n) is 4.50. The van der Waals surface area contributed by atoms with Crippen LogP contribution < -0.4 is 15.5 Å². The molecule has 1 saturated carbocycles. The number of halogens is 2. The van der Waals surface area contributed by atoms with Crippen molar-refractivity contribution in [3.63, 3.8) is 0 Å². The highest BCUT2D eigenvalue weighted by molar-refractivity contribution is 5.90. The molecule has 7 nitrogen and oxygen atoms in total. The van der Waals surface area contributed by atoms with Gasteiger partial charge in [-0.2, -0.15) is 8.78 Å². The van der Waals surface area contributed by atoms with Gasteiger partial charge in [0.05, 0.1) is 16.5 Å². The molecule has 1 aliphatic carbocycles. The minimum atomic E-state index is -3.14. The summed E-state index contributed by atoms with van der Waals surface area (Å²) in [5.41, 5.74) is 0.920. The first-order valence-corrected chi connectivity index (χ1v) is 11.0. The second kappa shape index (κ2) is 8.83. The lowest BCUT2D eigenvalue weighted by atomic mass is 9.71. The standard InChI is InChI=1S/C26H20F2N2O5/c27-24(28)35-23-22-18(11-14-29-23)20(31)19(21(34-22)16-5-2-1-3-6-16)15-7-9-17(10-8-15)26(12-4-13-26)30-25(32)33/h1-3,5-11,14,24,30H,4,12-13H2,(H,32,33). The highest BCUT2D eigenvalue weighted by atomic mass is 19.3. The molecular weight excluding hydrogens is 458 g/mol. The van der Waals surface area contributed by atoms with Gasteiger partial charge in [0.1, 0.15) is 5.76 Å². The average Bonchev–Trinajstić information content (AvgIpc) is 2.82. The highest BCUT2D eigenvalue weighted by Gasteiger charge is 2.40. The smallest absolute Gasteiger partial charge is 0.405 e. The van der Waals surface area contributed by atoms with Crippen LogP contribution in [0.5, 0.6) is 5.88 Å². The lowest BCUT2D eigenvalue weighted by molar-refractivity contribution is -0.0523. The molecule has 2 aromatic carbocycles. The van der Waals surface area contributed by atoms with Crippen LogP contribution in [-0.2, 0) is 5.54 Å². The quantitative estimate of drug-likeness (QED) is 0.365. The molecule has 0 bridgehead atoms. The average molecular weight is 478 g/mol. The minimum Gasteiger partial charge on any atom is -0.465 e. The van der Waals surface area contributed by atoms with Crippen molar-refractivity contribution in [3.8, 4) is 28.3 Å². The van der Waals surface area contributed by atoms with Gasteiger partial charge in [0.15, 0.2) is 0 Å². The normalized spacial score (nSPS) is 14.5. The first-order valence-electron chi connectivity index (χ1n) is 11.0. The molecule has 1 aliphatic rings. The molecule has 0 saturated heterocycles. The van der Waals surface area contributed by atoms with Crippen molar-refractivity contribution >= 4 is 17.1 Å². The van der Waals surface area contributed by atoms with Gasteiger partial charge in [-0.25, -0.2) is 9.78 Å².